The van der Waals surface area contributed by atoms with E-state index in [9.17, 15) is 14.3 Å². The first-order chi connectivity index (χ1) is 13.5. The van der Waals surface area contributed by atoms with Gasteiger partial charge in [0.05, 0.1) is 28.6 Å². The number of carbonyl (C=O) groups excluding carboxylic acids is 1. The largest absolute Gasteiger partial charge is 0.393 e. The molecule has 4 rings (SSSR count). The van der Waals surface area contributed by atoms with Crippen molar-refractivity contribution in [1.82, 2.24) is 20.3 Å². The quantitative estimate of drug-likeness (QED) is 0.608. The first-order valence-electron chi connectivity index (χ1n) is 9.11. The summed E-state index contributed by atoms with van der Waals surface area (Å²) in [6.07, 6.45) is 4.35. The predicted molar refractivity (Wildman–Crippen MR) is 105 cm³/mol. The van der Waals surface area contributed by atoms with Crippen LogP contribution in [0.4, 0.5) is 10.3 Å². The number of rotatable bonds is 5. The molecular formula is C19H20FN5O2S. The average molecular weight is 401 g/mol. The van der Waals surface area contributed by atoms with Gasteiger partial charge in [0.25, 0.3) is 5.91 Å². The van der Waals surface area contributed by atoms with E-state index < -0.39 is 5.82 Å². The van der Waals surface area contributed by atoms with E-state index >= 15 is 0 Å². The fourth-order valence-corrected chi connectivity index (χ4v) is 4.18. The lowest BCUT2D eigenvalue weighted by atomic mass is 10.1. The van der Waals surface area contributed by atoms with E-state index in [1.165, 1.54) is 17.4 Å². The van der Waals surface area contributed by atoms with Crippen molar-refractivity contribution in [2.24, 2.45) is 0 Å². The van der Waals surface area contributed by atoms with Crippen molar-refractivity contribution in [3.05, 3.63) is 47.0 Å². The molecule has 0 radical (unpaired) electrons. The maximum absolute atomic E-state index is 13.4. The minimum atomic E-state index is -0.417. The number of fused-ring (bicyclic) bond motifs is 1. The highest BCUT2D eigenvalue weighted by atomic mass is 32.1. The highest BCUT2D eigenvalue weighted by Gasteiger charge is 2.26. The van der Waals surface area contributed by atoms with Gasteiger partial charge in [0, 0.05) is 12.2 Å². The summed E-state index contributed by atoms with van der Waals surface area (Å²) in [7, 11) is 0. The van der Waals surface area contributed by atoms with Crippen LogP contribution in [-0.2, 0) is 0 Å². The van der Waals surface area contributed by atoms with Crippen LogP contribution in [0.15, 0.2) is 29.9 Å². The molecule has 0 aromatic carbocycles. The molecule has 1 amide bonds. The minimum absolute atomic E-state index is 0.0545. The number of amides is 1. The third-order valence-corrected chi connectivity index (χ3v) is 5.74. The van der Waals surface area contributed by atoms with Crippen LogP contribution in [0.25, 0.3) is 10.2 Å². The Bertz CT molecular complexity index is 1010. The number of pyridine rings is 1. The molecule has 146 valence electrons. The zero-order chi connectivity index (χ0) is 19.7. The molecule has 3 atom stereocenters. The van der Waals surface area contributed by atoms with Crippen LogP contribution in [0.2, 0.25) is 0 Å². The van der Waals surface area contributed by atoms with Crippen molar-refractivity contribution >= 4 is 33.4 Å². The van der Waals surface area contributed by atoms with Crippen LogP contribution in [0, 0.1) is 5.82 Å². The smallest absolute Gasteiger partial charge is 0.271 e. The highest BCUT2D eigenvalue weighted by molar-refractivity contribution is 7.17. The van der Waals surface area contributed by atoms with E-state index in [-0.39, 0.29) is 24.1 Å². The normalized spacial score (nSPS) is 20.2. The van der Waals surface area contributed by atoms with Gasteiger partial charge >= 0.3 is 0 Å². The van der Waals surface area contributed by atoms with Gasteiger partial charge < -0.3 is 15.7 Å². The van der Waals surface area contributed by atoms with Crippen molar-refractivity contribution in [2.45, 2.75) is 44.4 Å². The minimum Gasteiger partial charge on any atom is -0.393 e. The van der Waals surface area contributed by atoms with E-state index in [1.54, 1.807) is 6.20 Å². The summed E-state index contributed by atoms with van der Waals surface area (Å²) in [6, 6.07) is 2.88. The van der Waals surface area contributed by atoms with E-state index in [2.05, 4.69) is 25.6 Å². The molecule has 3 aromatic rings. The van der Waals surface area contributed by atoms with E-state index in [0.717, 1.165) is 12.6 Å². The van der Waals surface area contributed by atoms with Crippen LogP contribution >= 0.6 is 11.3 Å². The van der Waals surface area contributed by atoms with Gasteiger partial charge in [0.1, 0.15) is 5.82 Å². The SMILES string of the molecule is CC(Nc1nc(C(=O)N[C@@H]2CC[C@H](O)C2)c2sccc2n1)c1cncc(F)c1. The van der Waals surface area contributed by atoms with Crippen LogP contribution in [0.1, 0.15) is 48.3 Å². The average Bonchev–Trinajstić information content (AvgIpc) is 3.29. The Kier molecular flexibility index (Phi) is 5.19. The zero-order valence-corrected chi connectivity index (χ0v) is 16.0. The summed E-state index contributed by atoms with van der Waals surface area (Å²) in [5, 5.41) is 17.6. The maximum Gasteiger partial charge on any atom is 0.271 e. The molecule has 0 aliphatic heterocycles. The van der Waals surface area contributed by atoms with Gasteiger partial charge in [-0.15, -0.1) is 11.3 Å². The Labute approximate surface area is 165 Å². The molecular weight excluding hydrogens is 381 g/mol. The van der Waals surface area contributed by atoms with Crippen LogP contribution in [0.5, 0.6) is 0 Å². The van der Waals surface area contributed by atoms with Crippen LogP contribution in [-0.4, -0.2) is 38.1 Å². The molecule has 0 spiro atoms. The number of carbonyl (C=O) groups is 1. The van der Waals surface area contributed by atoms with Crippen LogP contribution < -0.4 is 10.6 Å². The lowest BCUT2D eigenvalue weighted by molar-refractivity contribution is 0.0931. The fraction of sp³-hybridized carbons (Fsp3) is 0.368. The summed E-state index contributed by atoms with van der Waals surface area (Å²) in [5.74, 6) is -0.407. The van der Waals surface area contributed by atoms with Gasteiger partial charge in [0.2, 0.25) is 5.95 Å². The standard InChI is InChI=1S/C19H20FN5O2S/c1-10(11-6-12(20)9-21-8-11)22-19-24-15-4-5-28-17(15)16(25-19)18(27)23-13-2-3-14(26)7-13/h4-6,8-10,13-14,26H,2-3,7H2,1H3,(H,23,27)(H,22,24,25)/t10?,13-,14+/m1/s1. The van der Waals surface area contributed by atoms with Crippen molar-refractivity contribution in [3.8, 4) is 0 Å². The van der Waals surface area contributed by atoms with Gasteiger partial charge in [-0.05, 0) is 49.3 Å². The number of anilines is 1. The Morgan fingerprint density at radius 2 is 2.21 bits per heavy atom. The number of nitrogens with zero attached hydrogens (tertiary/aromatic N) is 3. The van der Waals surface area contributed by atoms with Gasteiger partial charge in [0.15, 0.2) is 5.69 Å². The maximum atomic E-state index is 13.4. The topological polar surface area (TPSA) is 100 Å². The first kappa shape index (κ1) is 18.7. The molecule has 1 aliphatic rings. The number of aliphatic hydroxyl groups excluding tert-OH is 1. The third-order valence-electron chi connectivity index (χ3n) is 4.83. The summed E-state index contributed by atoms with van der Waals surface area (Å²) < 4.78 is 14.1. The van der Waals surface area contributed by atoms with E-state index in [4.69, 9.17) is 0 Å². The predicted octanol–water partition coefficient (Wildman–Crippen LogP) is 3.04. The molecule has 1 saturated carbocycles. The second kappa shape index (κ2) is 7.76. The Hall–Kier alpha value is -2.65. The second-order valence-corrected chi connectivity index (χ2v) is 7.89. The number of hydrogen-bond donors (Lipinski definition) is 3. The molecule has 28 heavy (non-hydrogen) atoms. The molecule has 1 unspecified atom stereocenters. The van der Waals surface area contributed by atoms with Gasteiger partial charge in [-0.25, -0.2) is 14.4 Å². The lowest BCUT2D eigenvalue weighted by Crippen LogP contribution is -2.34. The zero-order valence-electron chi connectivity index (χ0n) is 15.2. The molecule has 3 heterocycles. The Balaban J connectivity index is 1.59. The number of hydrogen-bond acceptors (Lipinski definition) is 7. The lowest BCUT2D eigenvalue weighted by Gasteiger charge is -2.16. The van der Waals surface area contributed by atoms with E-state index in [1.807, 2.05) is 18.4 Å². The number of halogens is 1. The molecule has 3 aromatic heterocycles. The monoisotopic (exact) mass is 401 g/mol. The summed E-state index contributed by atoms with van der Waals surface area (Å²) in [6.45, 7) is 1.84. The summed E-state index contributed by atoms with van der Waals surface area (Å²) >= 11 is 1.40. The van der Waals surface area contributed by atoms with Gasteiger partial charge in [-0.3, -0.25) is 9.78 Å². The molecule has 9 heteroatoms. The summed E-state index contributed by atoms with van der Waals surface area (Å²) in [4.78, 5) is 25.6. The molecule has 0 saturated heterocycles. The van der Waals surface area contributed by atoms with Crippen molar-refractivity contribution in [1.29, 1.82) is 0 Å². The number of nitrogens with one attached hydrogen (secondary N) is 2. The molecule has 3 N–H and O–H groups in total. The first-order valence-corrected chi connectivity index (χ1v) is 9.98. The van der Waals surface area contributed by atoms with Crippen molar-refractivity contribution < 1.29 is 14.3 Å². The highest BCUT2D eigenvalue weighted by Crippen LogP contribution is 2.26. The molecule has 7 nitrogen and oxygen atoms in total. The molecule has 0 bridgehead atoms. The number of aromatic nitrogens is 3. The van der Waals surface area contributed by atoms with Gasteiger partial charge in [-0.1, -0.05) is 0 Å². The van der Waals surface area contributed by atoms with Crippen LogP contribution in [0.3, 0.4) is 0 Å². The Morgan fingerprint density at radius 1 is 1.36 bits per heavy atom. The number of thiophene rings is 1. The molecule has 1 fully saturated rings. The van der Waals surface area contributed by atoms with Gasteiger partial charge in [-0.2, -0.15) is 0 Å². The van der Waals surface area contributed by atoms with Crippen molar-refractivity contribution in [2.75, 3.05) is 5.32 Å². The second-order valence-electron chi connectivity index (χ2n) is 6.97. The van der Waals surface area contributed by atoms with Crippen molar-refractivity contribution in [3.63, 3.8) is 0 Å². The number of aliphatic hydroxyl groups is 1. The van der Waals surface area contributed by atoms with E-state index in [0.29, 0.717) is 40.3 Å². The Morgan fingerprint density at radius 3 is 2.96 bits per heavy atom. The third kappa shape index (κ3) is 3.95. The fourth-order valence-electron chi connectivity index (χ4n) is 3.37. The molecule has 1 aliphatic carbocycles. The summed E-state index contributed by atoms with van der Waals surface area (Å²) in [5.41, 5.74) is 1.62.